The second-order valence-corrected chi connectivity index (χ2v) is 4.43. The molecule has 0 aliphatic carbocycles. The van der Waals surface area contributed by atoms with Crippen LogP contribution in [0.2, 0.25) is 0 Å². The van der Waals surface area contributed by atoms with E-state index in [9.17, 15) is 4.79 Å². The Balaban J connectivity index is 0.00000256. The Hall–Kier alpha value is -0.710. The number of benzene rings is 1. The van der Waals surface area contributed by atoms with E-state index in [1.54, 1.807) is 11.8 Å². The van der Waals surface area contributed by atoms with Crippen LogP contribution in [-0.2, 0) is 4.79 Å². The minimum atomic E-state index is -0.417. The molecule has 0 aliphatic heterocycles. The van der Waals surface area contributed by atoms with Crippen molar-refractivity contribution in [2.75, 3.05) is 11.6 Å². The van der Waals surface area contributed by atoms with Crippen LogP contribution in [0.5, 0.6) is 0 Å². The van der Waals surface area contributed by atoms with E-state index in [1.807, 2.05) is 37.4 Å². The Morgan fingerprint density at radius 3 is 2.71 bits per heavy atom. The Labute approximate surface area is 113 Å². The van der Waals surface area contributed by atoms with Crippen LogP contribution in [0.3, 0.4) is 0 Å². The van der Waals surface area contributed by atoms with Crippen molar-refractivity contribution < 1.29 is 4.79 Å². The number of halogens is 1. The van der Waals surface area contributed by atoms with Crippen molar-refractivity contribution in [2.45, 2.75) is 30.7 Å². The average Bonchev–Trinajstić information content (AvgIpc) is 2.30. The SMILES string of the molecule is CCCC(N)C(=O)Nc1ccccc1SC.Cl. The lowest BCUT2D eigenvalue weighted by Gasteiger charge is -2.13. The summed E-state index contributed by atoms with van der Waals surface area (Å²) < 4.78 is 0. The molecule has 1 unspecified atom stereocenters. The van der Waals surface area contributed by atoms with Crippen molar-refractivity contribution >= 4 is 35.8 Å². The number of carbonyl (C=O) groups excluding carboxylic acids is 1. The molecule has 1 atom stereocenters. The number of carbonyl (C=O) groups is 1. The topological polar surface area (TPSA) is 55.1 Å². The minimum Gasteiger partial charge on any atom is -0.324 e. The molecule has 17 heavy (non-hydrogen) atoms. The summed E-state index contributed by atoms with van der Waals surface area (Å²) in [7, 11) is 0. The normalized spacial score (nSPS) is 11.5. The molecule has 0 radical (unpaired) electrons. The number of amides is 1. The fourth-order valence-electron chi connectivity index (χ4n) is 1.42. The summed E-state index contributed by atoms with van der Waals surface area (Å²) in [5.74, 6) is -0.108. The zero-order valence-corrected chi connectivity index (χ0v) is 11.7. The molecule has 0 aromatic heterocycles. The Bertz CT molecular complexity index is 360. The molecule has 0 heterocycles. The molecule has 3 nitrogen and oxygen atoms in total. The molecule has 0 bridgehead atoms. The van der Waals surface area contributed by atoms with Gasteiger partial charge in [-0.15, -0.1) is 24.2 Å². The summed E-state index contributed by atoms with van der Waals surface area (Å²) >= 11 is 1.61. The van der Waals surface area contributed by atoms with Crippen LogP contribution in [0.15, 0.2) is 29.2 Å². The number of hydrogen-bond donors (Lipinski definition) is 2. The van der Waals surface area contributed by atoms with Gasteiger partial charge in [-0.25, -0.2) is 0 Å². The van der Waals surface area contributed by atoms with E-state index in [0.717, 1.165) is 17.0 Å². The van der Waals surface area contributed by atoms with Crippen molar-refractivity contribution in [1.82, 2.24) is 0 Å². The highest BCUT2D eigenvalue weighted by Gasteiger charge is 2.13. The number of anilines is 1. The van der Waals surface area contributed by atoms with Crippen LogP contribution in [0, 0.1) is 0 Å². The van der Waals surface area contributed by atoms with E-state index in [0.29, 0.717) is 6.42 Å². The third-order valence-electron chi connectivity index (χ3n) is 2.30. The lowest BCUT2D eigenvalue weighted by molar-refractivity contribution is -0.117. The van der Waals surface area contributed by atoms with Crippen LogP contribution >= 0.6 is 24.2 Å². The smallest absolute Gasteiger partial charge is 0.241 e. The third kappa shape index (κ3) is 4.98. The number of nitrogens with one attached hydrogen (secondary N) is 1. The minimum absolute atomic E-state index is 0. The summed E-state index contributed by atoms with van der Waals surface area (Å²) in [4.78, 5) is 12.8. The van der Waals surface area contributed by atoms with E-state index in [1.165, 1.54) is 0 Å². The number of para-hydroxylation sites is 1. The molecule has 5 heteroatoms. The van der Waals surface area contributed by atoms with Gasteiger partial charge in [0.15, 0.2) is 0 Å². The highest BCUT2D eigenvalue weighted by molar-refractivity contribution is 7.98. The van der Waals surface area contributed by atoms with Gasteiger partial charge in [-0.3, -0.25) is 4.79 Å². The van der Waals surface area contributed by atoms with Crippen LogP contribution < -0.4 is 11.1 Å². The van der Waals surface area contributed by atoms with Gasteiger partial charge in [0.25, 0.3) is 0 Å². The maximum atomic E-state index is 11.7. The first-order valence-electron chi connectivity index (χ1n) is 5.38. The van der Waals surface area contributed by atoms with Gasteiger partial charge < -0.3 is 11.1 Å². The predicted molar refractivity (Wildman–Crippen MR) is 77.0 cm³/mol. The average molecular weight is 275 g/mol. The molecular weight excluding hydrogens is 256 g/mol. The highest BCUT2D eigenvalue weighted by atomic mass is 35.5. The number of rotatable bonds is 5. The highest BCUT2D eigenvalue weighted by Crippen LogP contribution is 2.24. The Morgan fingerprint density at radius 1 is 1.47 bits per heavy atom. The maximum absolute atomic E-state index is 11.7. The van der Waals surface area contributed by atoms with Crippen LogP contribution in [-0.4, -0.2) is 18.2 Å². The molecule has 1 aromatic carbocycles. The molecule has 3 N–H and O–H groups in total. The predicted octanol–water partition coefficient (Wildman–Crippen LogP) is 2.90. The molecule has 1 aromatic rings. The van der Waals surface area contributed by atoms with Crippen molar-refractivity contribution in [2.24, 2.45) is 5.73 Å². The van der Waals surface area contributed by atoms with E-state index in [4.69, 9.17) is 5.73 Å². The fourth-order valence-corrected chi connectivity index (χ4v) is 1.97. The summed E-state index contributed by atoms with van der Waals surface area (Å²) in [6.07, 6.45) is 3.61. The van der Waals surface area contributed by atoms with E-state index >= 15 is 0 Å². The molecule has 0 saturated carbocycles. The van der Waals surface area contributed by atoms with Crippen molar-refractivity contribution in [3.8, 4) is 0 Å². The summed E-state index contributed by atoms with van der Waals surface area (Å²) in [5, 5.41) is 2.86. The quantitative estimate of drug-likeness (QED) is 0.812. The Morgan fingerprint density at radius 2 is 2.12 bits per heavy atom. The van der Waals surface area contributed by atoms with Crippen molar-refractivity contribution in [3.05, 3.63) is 24.3 Å². The lowest BCUT2D eigenvalue weighted by Crippen LogP contribution is -2.35. The summed E-state index contributed by atoms with van der Waals surface area (Å²) in [6, 6.07) is 7.31. The largest absolute Gasteiger partial charge is 0.324 e. The lowest BCUT2D eigenvalue weighted by atomic mass is 10.1. The molecule has 0 fully saturated rings. The summed E-state index contributed by atoms with van der Waals surface area (Å²) in [6.45, 7) is 2.02. The van der Waals surface area contributed by atoms with E-state index in [2.05, 4.69) is 5.32 Å². The second-order valence-electron chi connectivity index (χ2n) is 3.58. The molecule has 96 valence electrons. The van der Waals surface area contributed by atoms with Crippen molar-refractivity contribution in [1.29, 1.82) is 0 Å². The zero-order chi connectivity index (χ0) is 12.0. The maximum Gasteiger partial charge on any atom is 0.241 e. The molecule has 1 rings (SSSR count). The fraction of sp³-hybridized carbons (Fsp3) is 0.417. The number of nitrogens with two attached hydrogens (primary N) is 1. The van der Waals surface area contributed by atoms with E-state index < -0.39 is 6.04 Å². The van der Waals surface area contributed by atoms with Gasteiger partial charge in [0.05, 0.1) is 11.7 Å². The van der Waals surface area contributed by atoms with Gasteiger partial charge in [-0.05, 0) is 24.8 Å². The summed E-state index contributed by atoms with van der Waals surface area (Å²) in [5.41, 5.74) is 6.59. The first-order chi connectivity index (χ1) is 7.69. The molecule has 0 spiro atoms. The van der Waals surface area contributed by atoms with Gasteiger partial charge >= 0.3 is 0 Å². The first kappa shape index (κ1) is 16.3. The zero-order valence-electron chi connectivity index (χ0n) is 10.1. The first-order valence-corrected chi connectivity index (χ1v) is 6.61. The van der Waals surface area contributed by atoms with Crippen LogP contribution in [0.4, 0.5) is 5.69 Å². The molecular formula is C12H19ClN2OS. The number of thioether (sulfide) groups is 1. The van der Waals surface area contributed by atoms with Gasteiger partial charge in [0.2, 0.25) is 5.91 Å². The van der Waals surface area contributed by atoms with Crippen molar-refractivity contribution in [3.63, 3.8) is 0 Å². The van der Waals surface area contributed by atoms with Gasteiger partial charge in [0, 0.05) is 4.90 Å². The van der Waals surface area contributed by atoms with Gasteiger partial charge in [-0.2, -0.15) is 0 Å². The molecule has 1 amide bonds. The monoisotopic (exact) mass is 274 g/mol. The standard InChI is InChI=1S/C12H18N2OS.ClH/c1-3-6-9(13)12(15)14-10-7-4-5-8-11(10)16-2;/h4-5,7-9H,3,6,13H2,1-2H3,(H,14,15);1H. The van der Waals surface area contributed by atoms with Gasteiger partial charge in [0.1, 0.15) is 0 Å². The number of hydrogen-bond acceptors (Lipinski definition) is 3. The van der Waals surface area contributed by atoms with E-state index in [-0.39, 0.29) is 18.3 Å². The van der Waals surface area contributed by atoms with Crippen LogP contribution in [0.25, 0.3) is 0 Å². The Kier molecular flexibility index (Phi) is 8.04. The second kappa shape index (κ2) is 8.39. The molecule has 0 aliphatic rings. The third-order valence-corrected chi connectivity index (χ3v) is 3.10. The van der Waals surface area contributed by atoms with Gasteiger partial charge in [-0.1, -0.05) is 25.5 Å². The molecule has 0 saturated heterocycles. The van der Waals surface area contributed by atoms with Crippen LogP contribution in [0.1, 0.15) is 19.8 Å².